The molecule has 1 aliphatic heterocycles. The average molecular weight is 217 g/mol. The molecule has 0 aromatic rings. The fourth-order valence-corrected chi connectivity index (χ4v) is 1.75. The van der Waals surface area contributed by atoms with Crippen LogP contribution in [0.1, 0.15) is 32.6 Å². The minimum absolute atomic E-state index is 0.164. The van der Waals surface area contributed by atoms with Crippen LogP contribution in [0.4, 0.5) is 0 Å². The van der Waals surface area contributed by atoms with Crippen LogP contribution < -0.4 is 5.73 Å². The van der Waals surface area contributed by atoms with Gasteiger partial charge in [-0.25, -0.2) is 0 Å². The number of rotatable bonds is 6. The van der Waals surface area contributed by atoms with Crippen molar-refractivity contribution in [1.29, 1.82) is 0 Å². The normalized spacial score (nSPS) is 23.6. The predicted molar refractivity (Wildman–Crippen MR) is 60.4 cm³/mol. The molecule has 14 heavy (non-hydrogen) atoms. The van der Waals surface area contributed by atoms with Crippen molar-refractivity contribution in [2.45, 2.75) is 44.8 Å². The second-order valence-corrected chi connectivity index (χ2v) is 4.19. The minimum Gasteiger partial charge on any atom is -0.393 e. The van der Waals surface area contributed by atoms with E-state index in [1.807, 2.05) is 0 Å². The van der Waals surface area contributed by atoms with Crippen molar-refractivity contribution in [3.63, 3.8) is 0 Å². The Morgan fingerprint density at radius 2 is 2.50 bits per heavy atom. The minimum atomic E-state index is 0.164. The van der Waals surface area contributed by atoms with E-state index < -0.39 is 0 Å². The van der Waals surface area contributed by atoms with Gasteiger partial charge in [0.2, 0.25) is 0 Å². The number of nitrogens with two attached hydrogens (primary N) is 1. The molecule has 3 nitrogen and oxygen atoms in total. The van der Waals surface area contributed by atoms with Crippen molar-refractivity contribution in [3.05, 3.63) is 0 Å². The zero-order chi connectivity index (χ0) is 10.4. The van der Waals surface area contributed by atoms with E-state index >= 15 is 0 Å². The van der Waals surface area contributed by atoms with Gasteiger partial charge in [0.15, 0.2) is 0 Å². The van der Waals surface area contributed by atoms with Crippen molar-refractivity contribution in [2.75, 3.05) is 13.2 Å². The standard InChI is InChI=1S/C10H19NO2S/c1-2-8(6-10(11)14)13-7-9-4-3-5-12-9/h8-9H,2-7H2,1H3,(H2,11,14). The monoisotopic (exact) mass is 217 g/mol. The topological polar surface area (TPSA) is 44.5 Å². The highest BCUT2D eigenvalue weighted by Gasteiger charge is 2.17. The largest absolute Gasteiger partial charge is 0.393 e. The first kappa shape index (κ1) is 11.9. The molecule has 1 rings (SSSR count). The summed E-state index contributed by atoms with van der Waals surface area (Å²) in [5, 5.41) is 0. The molecule has 1 fully saturated rings. The molecule has 2 atom stereocenters. The Balaban J connectivity index is 2.15. The average Bonchev–Trinajstić information content (AvgIpc) is 2.64. The number of hydrogen-bond donors (Lipinski definition) is 1. The van der Waals surface area contributed by atoms with E-state index in [4.69, 9.17) is 27.4 Å². The molecule has 0 aliphatic carbocycles. The summed E-state index contributed by atoms with van der Waals surface area (Å²) in [5.74, 6) is 0. The zero-order valence-corrected chi connectivity index (χ0v) is 9.52. The van der Waals surface area contributed by atoms with E-state index in [1.54, 1.807) is 0 Å². The van der Waals surface area contributed by atoms with Gasteiger partial charge in [-0.2, -0.15) is 0 Å². The van der Waals surface area contributed by atoms with Gasteiger partial charge in [-0.15, -0.1) is 0 Å². The van der Waals surface area contributed by atoms with Gasteiger partial charge in [0, 0.05) is 13.0 Å². The summed E-state index contributed by atoms with van der Waals surface area (Å²) in [6.45, 7) is 3.64. The Morgan fingerprint density at radius 3 is 3.00 bits per heavy atom. The van der Waals surface area contributed by atoms with Gasteiger partial charge in [0.1, 0.15) is 0 Å². The molecule has 82 valence electrons. The third kappa shape index (κ3) is 4.35. The highest BCUT2D eigenvalue weighted by atomic mass is 32.1. The summed E-state index contributed by atoms with van der Waals surface area (Å²) in [7, 11) is 0. The second-order valence-electron chi connectivity index (χ2n) is 3.67. The molecule has 1 aliphatic rings. The first-order valence-electron chi connectivity index (χ1n) is 5.24. The smallest absolute Gasteiger partial charge is 0.0809 e. The molecule has 2 unspecified atom stereocenters. The van der Waals surface area contributed by atoms with Crippen molar-refractivity contribution in [1.82, 2.24) is 0 Å². The lowest BCUT2D eigenvalue weighted by atomic mass is 10.2. The van der Waals surface area contributed by atoms with E-state index in [0.717, 1.165) is 25.9 Å². The van der Waals surface area contributed by atoms with Gasteiger partial charge < -0.3 is 15.2 Å². The Morgan fingerprint density at radius 1 is 1.71 bits per heavy atom. The number of thiocarbonyl (C=S) groups is 1. The maximum atomic E-state index is 5.69. The van der Waals surface area contributed by atoms with Gasteiger partial charge in [0.05, 0.1) is 23.8 Å². The van der Waals surface area contributed by atoms with Gasteiger partial charge >= 0.3 is 0 Å². The predicted octanol–water partition coefficient (Wildman–Crippen LogP) is 1.64. The third-order valence-electron chi connectivity index (χ3n) is 2.43. The summed E-state index contributed by atoms with van der Waals surface area (Å²) in [5.41, 5.74) is 5.47. The lowest BCUT2D eigenvalue weighted by Crippen LogP contribution is -2.25. The molecular formula is C10H19NO2S. The maximum Gasteiger partial charge on any atom is 0.0809 e. The molecule has 1 saturated heterocycles. The molecular weight excluding hydrogens is 198 g/mol. The van der Waals surface area contributed by atoms with Crippen LogP contribution in [0.15, 0.2) is 0 Å². The SMILES string of the molecule is CCC(CC(N)=S)OCC1CCCO1. The van der Waals surface area contributed by atoms with Crippen LogP contribution in [0.25, 0.3) is 0 Å². The van der Waals surface area contributed by atoms with E-state index in [-0.39, 0.29) is 12.2 Å². The first-order valence-corrected chi connectivity index (χ1v) is 5.64. The fraction of sp³-hybridized carbons (Fsp3) is 0.900. The Hall–Kier alpha value is -0.190. The molecule has 2 N–H and O–H groups in total. The Kier molecular flexibility index (Phi) is 5.37. The summed E-state index contributed by atoms with van der Waals surface area (Å²) in [6.07, 6.45) is 4.35. The van der Waals surface area contributed by atoms with Crippen LogP contribution in [0.3, 0.4) is 0 Å². The van der Waals surface area contributed by atoms with E-state index in [9.17, 15) is 0 Å². The highest BCUT2D eigenvalue weighted by molar-refractivity contribution is 7.80. The van der Waals surface area contributed by atoms with Crippen LogP contribution in [-0.2, 0) is 9.47 Å². The molecule has 0 spiro atoms. The number of hydrogen-bond acceptors (Lipinski definition) is 3. The summed E-state index contributed by atoms with van der Waals surface area (Å²) in [6, 6.07) is 0. The second kappa shape index (κ2) is 6.32. The fourth-order valence-electron chi connectivity index (χ4n) is 1.56. The lowest BCUT2D eigenvalue weighted by Gasteiger charge is -2.17. The van der Waals surface area contributed by atoms with E-state index in [0.29, 0.717) is 18.0 Å². The van der Waals surface area contributed by atoms with Crippen molar-refractivity contribution in [3.8, 4) is 0 Å². The lowest BCUT2D eigenvalue weighted by molar-refractivity contribution is -0.0187. The van der Waals surface area contributed by atoms with Gasteiger partial charge in [-0.05, 0) is 19.3 Å². The van der Waals surface area contributed by atoms with Crippen molar-refractivity contribution >= 4 is 17.2 Å². The maximum absolute atomic E-state index is 5.69. The molecule has 4 heteroatoms. The van der Waals surface area contributed by atoms with Crippen molar-refractivity contribution < 1.29 is 9.47 Å². The Bertz CT molecular complexity index is 181. The summed E-state index contributed by atoms with van der Waals surface area (Å²) in [4.78, 5) is 0.532. The number of ether oxygens (including phenoxy) is 2. The molecule has 0 saturated carbocycles. The van der Waals surface area contributed by atoms with Gasteiger partial charge in [-0.1, -0.05) is 19.1 Å². The summed E-state index contributed by atoms with van der Waals surface area (Å²) >= 11 is 4.85. The molecule has 0 aromatic heterocycles. The highest BCUT2D eigenvalue weighted by Crippen LogP contribution is 2.14. The first-order chi connectivity index (χ1) is 6.72. The van der Waals surface area contributed by atoms with Crippen LogP contribution in [0.2, 0.25) is 0 Å². The zero-order valence-electron chi connectivity index (χ0n) is 8.70. The molecule has 1 heterocycles. The van der Waals surface area contributed by atoms with Crippen LogP contribution in [-0.4, -0.2) is 30.4 Å². The van der Waals surface area contributed by atoms with Gasteiger partial charge in [-0.3, -0.25) is 0 Å². The van der Waals surface area contributed by atoms with E-state index in [1.165, 1.54) is 0 Å². The Labute approximate surface area is 90.9 Å². The third-order valence-corrected chi connectivity index (χ3v) is 2.59. The summed E-state index contributed by atoms with van der Waals surface area (Å²) < 4.78 is 11.2. The molecule has 0 amide bonds. The molecule has 0 bridgehead atoms. The van der Waals surface area contributed by atoms with Crippen LogP contribution in [0, 0.1) is 0 Å². The van der Waals surface area contributed by atoms with Gasteiger partial charge in [0.25, 0.3) is 0 Å². The van der Waals surface area contributed by atoms with Crippen LogP contribution >= 0.6 is 12.2 Å². The van der Waals surface area contributed by atoms with Crippen LogP contribution in [0.5, 0.6) is 0 Å². The molecule has 0 radical (unpaired) electrons. The van der Waals surface area contributed by atoms with Crippen molar-refractivity contribution in [2.24, 2.45) is 5.73 Å². The van der Waals surface area contributed by atoms with E-state index in [2.05, 4.69) is 6.92 Å². The molecule has 0 aromatic carbocycles. The quantitative estimate of drug-likeness (QED) is 0.687.